The summed E-state index contributed by atoms with van der Waals surface area (Å²) in [6.07, 6.45) is 7.53. The van der Waals surface area contributed by atoms with Crippen molar-refractivity contribution in [1.82, 2.24) is 0 Å². The van der Waals surface area contributed by atoms with Gasteiger partial charge in [0.05, 0.1) is 42.8 Å². The summed E-state index contributed by atoms with van der Waals surface area (Å²) in [5.41, 5.74) is 7.36. The maximum absolute atomic E-state index is 12.5. The number of aliphatic hydroxyl groups is 1. The van der Waals surface area contributed by atoms with Crippen molar-refractivity contribution in [2.24, 2.45) is 23.0 Å². The van der Waals surface area contributed by atoms with Crippen LogP contribution >= 0.6 is 0 Å². The van der Waals surface area contributed by atoms with E-state index >= 15 is 0 Å². The van der Waals surface area contributed by atoms with Crippen LogP contribution in [-0.4, -0.2) is 66.1 Å². The molecule has 7 aliphatic rings. The topological polar surface area (TPSA) is 81.8 Å². The molecule has 3 N–H and O–H groups in total. The Morgan fingerprint density at radius 2 is 2.06 bits per heavy atom. The van der Waals surface area contributed by atoms with Crippen molar-refractivity contribution in [3.63, 3.8) is 0 Å². The molecular formula is C28H39N2O4+. The normalized spacial score (nSPS) is 45.6. The summed E-state index contributed by atoms with van der Waals surface area (Å²) in [7, 11) is 4.30. The maximum atomic E-state index is 12.5. The van der Waals surface area contributed by atoms with Gasteiger partial charge in [-0.25, -0.2) is 0 Å². The average Bonchev–Trinajstić information content (AvgIpc) is 3.51. The number of primary amides is 1. The van der Waals surface area contributed by atoms with E-state index in [9.17, 15) is 9.90 Å². The second kappa shape index (κ2) is 6.19. The molecule has 8 rings (SSSR count). The third kappa shape index (κ3) is 2.23. The molecule has 0 radical (unpaired) electrons. The number of likely N-dealkylation sites (N-methyl/N-ethyl adjacent to an activating group) is 1. The molecule has 1 saturated heterocycles. The van der Waals surface area contributed by atoms with Gasteiger partial charge in [-0.15, -0.1) is 0 Å². The van der Waals surface area contributed by atoms with Crippen LogP contribution in [0.15, 0.2) is 12.1 Å². The number of piperidine rings is 1. The number of carbonyl (C=O) groups excluding carboxylic acids is 1. The first kappa shape index (κ1) is 21.6. The molecule has 7 atom stereocenters. The van der Waals surface area contributed by atoms with Crippen molar-refractivity contribution >= 4 is 5.91 Å². The van der Waals surface area contributed by atoms with Crippen LogP contribution in [0.25, 0.3) is 0 Å². The number of fused-ring (bicyclic) bond motifs is 2. The zero-order valence-corrected chi connectivity index (χ0v) is 21.0. The molecule has 5 aliphatic carbocycles. The van der Waals surface area contributed by atoms with Crippen LogP contribution in [0.4, 0.5) is 0 Å². The summed E-state index contributed by atoms with van der Waals surface area (Å²) in [5, 5.41) is 11.5. The minimum Gasteiger partial charge on any atom is -0.485 e. The largest absolute Gasteiger partial charge is 0.485 e. The predicted molar refractivity (Wildman–Crippen MR) is 128 cm³/mol. The summed E-state index contributed by atoms with van der Waals surface area (Å²) >= 11 is 0. The Morgan fingerprint density at radius 3 is 2.71 bits per heavy atom. The van der Waals surface area contributed by atoms with Gasteiger partial charge in [-0.1, -0.05) is 6.07 Å². The number of ether oxygens (including phenoxy) is 2. The van der Waals surface area contributed by atoms with Gasteiger partial charge in [-0.2, -0.15) is 0 Å². The van der Waals surface area contributed by atoms with Crippen molar-refractivity contribution in [2.45, 2.75) is 87.6 Å². The Balaban J connectivity index is 1.52. The lowest BCUT2D eigenvalue weighted by molar-refractivity contribution is -0.952. The highest BCUT2D eigenvalue weighted by Gasteiger charge is 2.84. The van der Waals surface area contributed by atoms with E-state index < -0.39 is 17.1 Å². The number of carbonyl (C=O) groups is 1. The van der Waals surface area contributed by atoms with E-state index in [2.05, 4.69) is 13.1 Å². The lowest BCUT2D eigenvalue weighted by Crippen LogP contribution is -2.84. The number of benzene rings is 1. The first-order valence-corrected chi connectivity index (χ1v) is 13.3. The van der Waals surface area contributed by atoms with Gasteiger partial charge in [0.2, 0.25) is 0 Å². The average molecular weight is 468 g/mol. The molecule has 4 unspecified atom stereocenters. The number of likely N-dealkylation sites (tertiary alicyclic amines) is 1. The zero-order chi connectivity index (χ0) is 23.9. The Morgan fingerprint density at radius 1 is 1.29 bits per heavy atom. The maximum Gasteiger partial charge on any atom is 0.252 e. The summed E-state index contributed by atoms with van der Waals surface area (Å²) in [5.74, 6) is 1.12. The van der Waals surface area contributed by atoms with E-state index in [1.807, 2.05) is 19.9 Å². The first-order chi connectivity index (χ1) is 16.0. The van der Waals surface area contributed by atoms with E-state index in [0.717, 1.165) is 54.8 Å². The lowest BCUT2D eigenvalue weighted by atomic mass is 9.33. The van der Waals surface area contributed by atoms with Crippen molar-refractivity contribution in [1.29, 1.82) is 0 Å². The number of rotatable bonds is 5. The van der Waals surface area contributed by atoms with Gasteiger partial charge in [0.25, 0.3) is 5.91 Å². The van der Waals surface area contributed by atoms with Crippen molar-refractivity contribution in [3.8, 4) is 5.75 Å². The quantitative estimate of drug-likeness (QED) is 0.653. The van der Waals surface area contributed by atoms with Gasteiger partial charge in [-0.3, -0.25) is 4.79 Å². The molecule has 4 bridgehead atoms. The summed E-state index contributed by atoms with van der Waals surface area (Å²) < 4.78 is 14.5. The second-order valence-electron chi connectivity index (χ2n) is 13.3. The highest BCUT2D eigenvalue weighted by atomic mass is 16.6. The van der Waals surface area contributed by atoms with Crippen LogP contribution in [0.2, 0.25) is 0 Å². The molecule has 0 aromatic heterocycles. The smallest absolute Gasteiger partial charge is 0.252 e. The standard InChI is InChI=1S/C28H38N2O4/c1-25(2,32)19-14-26-9-10-28(19,33-4)24-27(26)11-12-30(3,15-16-5-6-16)20(26)13-17-7-8-18(23(29)31)22(34-24)21(17)27/h7-8,16,19-20,24,32H,5-6,9-15H2,1-4H3,(H-,29,31)/p+1/t19-,20?,24-,26?,27?,28?,30+/m1/s1. The van der Waals surface area contributed by atoms with E-state index in [1.54, 1.807) is 7.11 Å². The summed E-state index contributed by atoms with van der Waals surface area (Å²) in [6.45, 7) is 6.29. The predicted octanol–water partition coefficient (Wildman–Crippen LogP) is 2.93. The lowest BCUT2D eigenvalue weighted by Gasteiger charge is -2.75. The van der Waals surface area contributed by atoms with Crippen LogP contribution in [0.5, 0.6) is 5.75 Å². The van der Waals surface area contributed by atoms with E-state index in [1.165, 1.54) is 30.5 Å². The van der Waals surface area contributed by atoms with E-state index in [0.29, 0.717) is 11.6 Å². The van der Waals surface area contributed by atoms with Crippen LogP contribution < -0.4 is 10.5 Å². The first-order valence-electron chi connectivity index (χ1n) is 13.3. The number of hydrogen-bond acceptors (Lipinski definition) is 4. The molecule has 5 fully saturated rings. The number of nitrogens with zero attached hydrogens (tertiary/aromatic N) is 1. The Labute approximate surface area is 202 Å². The van der Waals surface area contributed by atoms with Crippen LogP contribution in [0, 0.1) is 17.3 Å². The Kier molecular flexibility index (Phi) is 3.94. The van der Waals surface area contributed by atoms with Gasteiger partial charge in [0.1, 0.15) is 17.5 Å². The highest BCUT2D eigenvalue weighted by molar-refractivity contribution is 5.97. The Bertz CT molecular complexity index is 1110. The van der Waals surface area contributed by atoms with E-state index in [-0.39, 0.29) is 22.9 Å². The third-order valence-corrected chi connectivity index (χ3v) is 11.5. The number of amides is 1. The molecule has 2 aliphatic heterocycles. The second-order valence-corrected chi connectivity index (χ2v) is 13.3. The number of nitrogens with two attached hydrogens (primary N) is 1. The van der Waals surface area contributed by atoms with Gasteiger partial charge in [0, 0.05) is 42.8 Å². The van der Waals surface area contributed by atoms with Gasteiger partial charge in [-0.05, 0) is 57.6 Å². The summed E-state index contributed by atoms with van der Waals surface area (Å²) in [4.78, 5) is 12.5. The molecule has 4 saturated carbocycles. The summed E-state index contributed by atoms with van der Waals surface area (Å²) in [6, 6.07) is 4.54. The molecule has 6 nitrogen and oxygen atoms in total. The number of hydrogen-bond donors (Lipinski definition) is 2. The molecule has 6 heteroatoms. The molecule has 1 aromatic rings. The van der Waals surface area contributed by atoms with Gasteiger partial charge < -0.3 is 24.8 Å². The third-order valence-electron chi connectivity index (χ3n) is 11.5. The minimum atomic E-state index is -0.885. The van der Waals surface area contributed by atoms with Gasteiger partial charge in [0.15, 0.2) is 0 Å². The zero-order valence-electron chi connectivity index (χ0n) is 21.0. The monoisotopic (exact) mass is 467 g/mol. The van der Waals surface area contributed by atoms with E-state index in [4.69, 9.17) is 15.2 Å². The van der Waals surface area contributed by atoms with Crippen molar-refractivity contribution in [3.05, 3.63) is 28.8 Å². The fourth-order valence-corrected chi connectivity index (χ4v) is 10.1. The van der Waals surface area contributed by atoms with Crippen LogP contribution in [0.3, 0.4) is 0 Å². The van der Waals surface area contributed by atoms with Crippen LogP contribution in [-0.2, 0) is 16.6 Å². The molecule has 34 heavy (non-hydrogen) atoms. The van der Waals surface area contributed by atoms with Crippen LogP contribution in [0.1, 0.15) is 73.9 Å². The molecule has 184 valence electrons. The molecule has 2 spiro atoms. The van der Waals surface area contributed by atoms with Crippen molar-refractivity contribution in [2.75, 3.05) is 27.2 Å². The number of quaternary nitrogens is 1. The van der Waals surface area contributed by atoms with Crippen molar-refractivity contribution < 1.29 is 23.9 Å². The fourth-order valence-electron chi connectivity index (χ4n) is 10.1. The number of methoxy groups -OCH3 is 1. The van der Waals surface area contributed by atoms with Gasteiger partial charge >= 0.3 is 0 Å². The molecule has 1 amide bonds. The highest BCUT2D eigenvalue weighted by Crippen LogP contribution is 2.77. The molecule has 1 aromatic carbocycles. The molecular weight excluding hydrogens is 428 g/mol. The molecule has 2 heterocycles. The SMILES string of the molecule is COC12CCC3(C[C@@H]1C(C)(C)O)C1Cc4ccc(C(N)=O)c5c4C3(CC[N@@+]1(C)CC1CC1)[C@H]2O5. The Hall–Kier alpha value is -1.63. The fraction of sp³-hybridized carbons (Fsp3) is 0.750. The minimum absolute atomic E-state index is 0.0268.